The SMILES string of the molecule is COc1cccc(N2C(=S)N[C@H](c3ccccn3)[C@@H]2c2cc(C)n(-c3cc(Cl)ccc3OC)c2C)c1. The molecule has 36 heavy (non-hydrogen) atoms. The minimum atomic E-state index is -0.153. The van der Waals surface area contributed by atoms with Crippen LogP contribution in [0.25, 0.3) is 5.69 Å². The van der Waals surface area contributed by atoms with Crippen LogP contribution in [0, 0.1) is 13.8 Å². The number of ether oxygens (including phenoxy) is 2. The number of methoxy groups -OCH3 is 2. The quantitative estimate of drug-likeness (QED) is 0.301. The molecular weight excluding hydrogens is 492 g/mol. The Balaban J connectivity index is 1.70. The summed E-state index contributed by atoms with van der Waals surface area (Å²) in [6.07, 6.45) is 1.81. The monoisotopic (exact) mass is 518 g/mol. The Kier molecular flexibility index (Phi) is 6.60. The topological polar surface area (TPSA) is 51.5 Å². The summed E-state index contributed by atoms with van der Waals surface area (Å²) < 4.78 is 13.4. The van der Waals surface area contributed by atoms with Gasteiger partial charge in [0.1, 0.15) is 11.5 Å². The van der Waals surface area contributed by atoms with E-state index in [9.17, 15) is 0 Å². The van der Waals surface area contributed by atoms with Gasteiger partial charge in [-0.25, -0.2) is 0 Å². The fourth-order valence-electron chi connectivity index (χ4n) is 5.00. The zero-order valence-electron chi connectivity index (χ0n) is 20.5. The van der Waals surface area contributed by atoms with Crippen molar-refractivity contribution < 1.29 is 9.47 Å². The molecule has 5 rings (SSSR count). The van der Waals surface area contributed by atoms with E-state index in [1.54, 1.807) is 14.2 Å². The molecule has 8 heteroatoms. The molecule has 3 heterocycles. The molecule has 4 aromatic rings. The van der Waals surface area contributed by atoms with Gasteiger partial charge in [-0.15, -0.1) is 0 Å². The summed E-state index contributed by atoms with van der Waals surface area (Å²) in [7, 11) is 3.34. The highest BCUT2D eigenvalue weighted by Crippen LogP contribution is 2.44. The van der Waals surface area contributed by atoms with Crippen molar-refractivity contribution in [3.63, 3.8) is 0 Å². The van der Waals surface area contributed by atoms with Crippen LogP contribution in [0.15, 0.2) is 72.9 Å². The van der Waals surface area contributed by atoms with Gasteiger partial charge in [0, 0.05) is 34.4 Å². The summed E-state index contributed by atoms with van der Waals surface area (Å²) in [4.78, 5) is 6.82. The van der Waals surface area contributed by atoms with E-state index in [-0.39, 0.29) is 12.1 Å². The number of benzene rings is 2. The first-order valence-electron chi connectivity index (χ1n) is 11.6. The molecule has 0 spiro atoms. The first-order chi connectivity index (χ1) is 17.4. The van der Waals surface area contributed by atoms with E-state index in [1.165, 1.54) is 0 Å². The molecule has 0 saturated carbocycles. The van der Waals surface area contributed by atoms with Crippen LogP contribution in [0.4, 0.5) is 5.69 Å². The molecule has 0 radical (unpaired) electrons. The summed E-state index contributed by atoms with van der Waals surface area (Å²) in [6.45, 7) is 4.20. The highest BCUT2D eigenvalue weighted by molar-refractivity contribution is 7.80. The van der Waals surface area contributed by atoms with Crippen molar-refractivity contribution in [3.8, 4) is 17.2 Å². The number of halogens is 1. The third-order valence-electron chi connectivity index (χ3n) is 6.60. The maximum atomic E-state index is 6.39. The van der Waals surface area contributed by atoms with Crippen molar-refractivity contribution in [1.82, 2.24) is 14.9 Å². The zero-order valence-corrected chi connectivity index (χ0v) is 22.1. The smallest absolute Gasteiger partial charge is 0.174 e. The van der Waals surface area contributed by atoms with Crippen molar-refractivity contribution in [3.05, 3.63) is 101 Å². The van der Waals surface area contributed by atoms with Crippen LogP contribution in [0.5, 0.6) is 11.5 Å². The summed E-state index contributed by atoms with van der Waals surface area (Å²) in [5.41, 5.74) is 6.01. The Morgan fingerprint density at radius 1 is 0.972 bits per heavy atom. The van der Waals surface area contributed by atoms with Gasteiger partial charge in [-0.2, -0.15) is 0 Å². The third-order valence-corrected chi connectivity index (χ3v) is 7.15. The standard InChI is InChI=1S/C28H27ClN4O2S/c1-17-14-22(18(2)32(17)24-15-19(29)11-12-25(24)35-4)27-26(23-10-5-6-13-30-23)31-28(36)33(27)20-8-7-9-21(16-20)34-3/h5-16,26-27H,1-4H3,(H,31,36)/t26-,27+/m1/s1. The molecular formula is C28H27ClN4O2S. The highest BCUT2D eigenvalue weighted by Gasteiger charge is 2.42. The number of thiocarbonyl (C=S) groups is 1. The molecule has 2 aromatic heterocycles. The number of anilines is 1. The molecule has 0 bridgehead atoms. The van der Waals surface area contributed by atoms with Crippen LogP contribution in [0.3, 0.4) is 0 Å². The van der Waals surface area contributed by atoms with Gasteiger partial charge in [0.05, 0.1) is 37.7 Å². The predicted octanol–water partition coefficient (Wildman–Crippen LogP) is 6.34. The molecule has 2 atom stereocenters. The Morgan fingerprint density at radius 3 is 2.53 bits per heavy atom. The van der Waals surface area contributed by atoms with Crippen LogP contribution >= 0.6 is 23.8 Å². The van der Waals surface area contributed by atoms with E-state index in [0.29, 0.717) is 10.1 Å². The molecule has 184 valence electrons. The molecule has 1 fully saturated rings. The Hall–Kier alpha value is -3.55. The molecule has 2 aromatic carbocycles. The second-order valence-corrected chi connectivity index (χ2v) is 9.50. The van der Waals surface area contributed by atoms with Gasteiger partial charge in [0.2, 0.25) is 0 Å². The van der Waals surface area contributed by atoms with Gasteiger partial charge in [-0.3, -0.25) is 4.98 Å². The zero-order chi connectivity index (χ0) is 25.4. The number of nitrogens with one attached hydrogen (secondary N) is 1. The second kappa shape index (κ2) is 9.84. The van der Waals surface area contributed by atoms with Gasteiger partial charge in [0.15, 0.2) is 5.11 Å². The van der Waals surface area contributed by atoms with Crippen LogP contribution in [0.2, 0.25) is 5.02 Å². The maximum Gasteiger partial charge on any atom is 0.174 e. The predicted molar refractivity (Wildman–Crippen MR) is 148 cm³/mol. The van der Waals surface area contributed by atoms with Gasteiger partial charge in [0.25, 0.3) is 0 Å². The molecule has 1 aliphatic rings. The largest absolute Gasteiger partial charge is 0.497 e. The van der Waals surface area contributed by atoms with Crippen molar-refractivity contribution in [2.45, 2.75) is 25.9 Å². The first kappa shape index (κ1) is 24.2. The summed E-state index contributed by atoms with van der Waals surface area (Å²) in [6, 6.07) is 21.5. The minimum absolute atomic E-state index is 0.148. The van der Waals surface area contributed by atoms with Crippen LogP contribution in [-0.2, 0) is 0 Å². The van der Waals surface area contributed by atoms with E-state index < -0.39 is 0 Å². The molecule has 0 aliphatic carbocycles. The average Bonchev–Trinajstić information content (AvgIpc) is 3.39. The van der Waals surface area contributed by atoms with Crippen LogP contribution < -0.4 is 19.7 Å². The van der Waals surface area contributed by atoms with Crippen molar-refractivity contribution in [2.75, 3.05) is 19.1 Å². The maximum absolute atomic E-state index is 6.39. The van der Waals surface area contributed by atoms with Crippen molar-refractivity contribution in [2.24, 2.45) is 0 Å². The molecule has 1 aliphatic heterocycles. The van der Waals surface area contributed by atoms with E-state index in [2.05, 4.69) is 39.7 Å². The van der Waals surface area contributed by atoms with E-state index in [1.807, 2.05) is 66.9 Å². The van der Waals surface area contributed by atoms with Gasteiger partial charge in [-0.05, 0) is 80.2 Å². The number of rotatable bonds is 6. The molecule has 6 nitrogen and oxygen atoms in total. The Bertz CT molecular complexity index is 1420. The molecule has 1 N–H and O–H groups in total. The van der Waals surface area contributed by atoms with Crippen LogP contribution in [0.1, 0.15) is 34.7 Å². The fourth-order valence-corrected chi connectivity index (χ4v) is 5.52. The lowest BCUT2D eigenvalue weighted by atomic mass is 9.96. The Morgan fingerprint density at radius 2 is 1.81 bits per heavy atom. The number of pyridine rings is 1. The van der Waals surface area contributed by atoms with E-state index >= 15 is 0 Å². The normalized spacial score (nSPS) is 17.2. The lowest BCUT2D eigenvalue weighted by Gasteiger charge is -2.28. The number of nitrogens with zero attached hydrogens (tertiary/aromatic N) is 3. The molecule has 0 unspecified atom stereocenters. The summed E-state index contributed by atoms with van der Waals surface area (Å²) in [5, 5.41) is 4.81. The van der Waals surface area contributed by atoms with Gasteiger partial charge >= 0.3 is 0 Å². The number of hydrogen-bond acceptors (Lipinski definition) is 4. The van der Waals surface area contributed by atoms with Crippen molar-refractivity contribution >= 4 is 34.6 Å². The minimum Gasteiger partial charge on any atom is -0.497 e. The summed E-state index contributed by atoms with van der Waals surface area (Å²) in [5.74, 6) is 1.52. The lowest BCUT2D eigenvalue weighted by molar-refractivity contribution is 0.412. The first-order valence-corrected chi connectivity index (χ1v) is 12.4. The lowest BCUT2D eigenvalue weighted by Crippen LogP contribution is -2.29. The fraction of sp³-hybridized carbons (Fsp3) is 0.214. The number of aryl methyl sites for hydroxylation is 1. The third kappa shape index (κ3) is 4.18. The van der Waals surface area contributed by atoms with Crippen LogP contribution in [-0.4, -0.2) is 28.9 Å². The molecule has 0 amide bonds. The van der Waals surface area contributed by atoms with Gasteiger partial charge < -0.3 is 24.3 Å². The Labute approximate surface area is 221 Å². The summed E-state index contributed by atoms with van der Waals surface area (Å²) >= 11 is 12.3. The number of aromatic nitrogens is 2. The van der Waals surface area contributed by atoms with Crippen molar-refractivity contribution in [1.29, 1.82) is 0 Å². The van der Waals surface area contributed by atoms with E-state index in [4.69, 9.17) is 33.3 Å². The van der Waals surface area contributed by atoms with Gasteiger partial charge in [-0.1, -0.05) is 23.7 Å². The highest BCUT2D eigenvalue weighted by atomic mass is 35.5. The van der Waals surface area contributed by atoms with E-state index in [0.717, 1.165) is 45.5 Å². The second-order valence-electron chi connectivity index (χ2n) is 8.68. The number of hydrogen-bond donors (Lipinski definition) is 1. The average molecular weight is 519 g/mol. The molecule has 1 saturated heterocycles.